The number of carbonyl (C=O) groups is 2. The third kappa shape index (κ3) is 8.09. The summed E-state index contributed by atoms with van der Waals surface area (Å²) in [4.78, 5) is 37.0. The van der Waals surface area contributed by atoms with Crippen molar-refractivity contribution in [3.8, 4) is 0 Å². The van der Waals surface area contributed by atoms with Crippen molar-refractivity contribution in [2.24, 2.45) is 17.8 Å². The summed E-state index contributed by atoms with van der Waals surface area (Å²) >= 11 is 0. The minimum Gasteiger partial charge on any atom is -0.480 e. The molecule has 40 heavy (non-hydrogen) atoms. The Bertz CT molecular complexity index is 1100. The van der Waals surface area contributed by atoms with Crippen LogP contribution in [0.1, 0.15) is 45.2 Å². The molecular formula is C30H41N3O7. The number of amides is 1. The van der Waals surface area contributed by atoms with Crippen molar-refractivity contribution in [1.82, 2.24) is 10.6 Å². The number of ether oxygens (including phenoxy) is 2. The van der Waals surface area contributed by atoms with Crippen LogP contribution in [0.3, 0.4) is 0 Å². The number of rotatable bonds is 15. The number of carboxylic acids is 1. The van der Waals surface area contributed by atoms with Crippen molar-refractivity contribution < 1.29 is 29.1 Å². The summed E-state index contributed by atoms with van der Waals surface area (Å²) in [5.41, 5.74) is 1.84. The first-order valence-electron chi connectivity index (χ1n) is 13.8. The van der Waals surface area contributed by atoms with Crippen LogP contribution in [0.2, 0.25) is 0 Å². The molecule has 7 atom stereocenters. The van der Waals surface area contributed by atoms with E-state index < -0.39 is 54.7 Å². The van der Waals surface area contributed by atoms with Crippen molar-refractivity contribution in [2.45, 2.75) is 77.7 Å². The maximum atomic E-state index is 13.4. The molecule has 1 aliphatic heterocycles. The van der Waals surface area contributed by atoms with Crippen molar-refractivity contribution >= 4 is 11.9 Å². The van der Waals surface area contributed by atoms with E-state index in [2.05, 4.69) is 10.6 Å². The highest BCUT2D eigenvalue weighted by molar-refractivity contribution is 5.86. The quantitative estimate of drug-likeness (QED) is 0.223. The molecule has 0 aromatic heterocycles. The lowest BCUT2D eigenvalue weighted by atomic mass is 9.80. The Balaban J connectivity index is 1.98. The van der Waals surface area contributed by atoms with Gasteiger partial charge in [0.2, 0.25) is 11.9 Å². The van der Waals surface area contributed by atoms with E-state index >= 15 is 0 Å². The van der Waals surface area contributed by atoms with Gasteiger partial charge >= 0.3 is 5.97 Å². The molecule has 3 rings (SSSR count). The summed E-state index contributed by atoms with van der Waals surface area (Å²) in [6.07, 6.45) is -0.574. The molecule has 10 nitrogen and oxygen atoms in total. The molecule has 0 radical (unpaired) electrons. The summed E-state index contributed by atoms with van der Waals surface area (Å²) < 4.78 is 12.7. The number of carboxylic acid groups (broad SMARTS) is 1. The SMILES string of the molecule is CC[C@H](C)[C@H](OCc1ccccc1)[C@H]1[C@H]([N+](=O)[O-])[C@@H]([C@@H](OCc2ccccc2)C(C)C)N[C@@H]1C(=O)NCC(=O)O. The number of nitrogens with zero attached hydrogens (tertiary/aromatic N) is 1. The fourth-order valence-electron chi connectivity index (χ4n) is 5.45. The summed E-state index contributed by atoms with van der Waals surface area (Å²) in [7, 11) is 0. The molecule has 1 heterocycles. The van der Waals surface area contributed by atoms with Crippen LogP contribution in [0.25, 0.3) is 0 Å². The van der Waals surface area contributed by atoms with Crippen molar-refractivity contribution in [3.63, 3.8) is 0 Å². The molecule has 0 aliphatic carbocycles. The minimum absolute atomic E-state index is 0.113. The van der Waals surface area contributed by atoms with Crippen LogP contribution < -0.4 is 10.6 Å². The molecule has 0 saturated carbocycles. The molecule has 2 aromatic carbocycles. The summed E-state index contributed by atoms with van der Waals surface area (Å²) in [6.45, 7) is 7.68. The van der Waals surface area contributed by atoms with E-state index in [0.717, 1.165) is 11.1 Å². The van der Waals surface area contributed by atoms with Gasteiger partial charge in [0.1, 0.15) is 12.6 Å². The van der Waals surface area contributed by atoms with Gasteiger partial charge < -0.3 is 19.9 Å². The van der Waals surface area contributed by atoms with Crippen LogP contribution in [0.15, 0.2) is 60.7 Å². The van der Waals surface area contributed by atoms with Gasteiger partial charge in [-0.1, -0.05) is 94.8 Å². The second kappa shape index (κ2) is 14.9. The zero-order valence-corrected chi connectivity index (χ0v) is 23.6. The van der Waals surface area contributed by atoms with E-state index in [9.17, 15) is 19.7 Å². The first-order chi connectivity index (χ1) is 19.1. The normalized spacial score (nSPS) is 22.9. The molecule has 1 saturated heterocycles. The predicted molar refractivity (Wildman–Crippen MR) is 150 cm³/mol. The number of benzene rings is 2. The Hall–Kier alpha value is -3.34. The second-order valence-corrected chi connectivity index (χ2v) is 10.8. The van der Waals surface area contributed by atoms with Crippen molar-refractivity contribution in [2.75, 3.05) is 6.54 Å². The van der Waals surface area contributed by atoms with Crippen LogP contribution in [-0.4, -0.2) is 58.8 Å². The maximum absolute atomic E-state index is 13.4. The number of hydrogen-bond donors (Lipinski definition) is 3. The van der Waals surface area contributed by atoms with Gasteiger partial charge in [-0.15, -0.1) is 0 Å². The number of carbonyl (C=O) groups excluding carboxylic acids is 1. The van der Waals surface area contributed by atoms with Gasteiger partial charge in [0.15, 0.2) is 0 Å². The van der Waals surface area contributed by atoms with Crippen molar-refractivity contribution in [3.05, 3.63) is 81.9 Å². The van der Waals surface area contributed by atoms with Gasteiger partial charge in [-0.25, -0.2) is 0 Å². The highest BCUT2D eigenvalue weighted by Gasteiger charge is 2.59. The molecule has 10 heteroatoms. The topological polar surface area (TPSA) is 140 Å². The van der Waals surface area contributed by atoms with Crippen LogP contribution >= 0.6 is 0 Å². The average molecular weight is 556 g/mol. The fourth-order valence-corrected chi connectivity index (χ4v) is 5.45. The molecule has 1 fully saturated rings. The van der Waals surface area contributed by atoms with E-state index in [4.69, 9.17) is 14.6 Å². The lowest BCUT2D eigenvalue weighted by molar-refractivity contribution is -0.536. The van der Waals surface area contributed by atoms with Gasteiger partial charge in [0.25, 0.3) is 0 Å². The molecule has 1 amide bonds. The van der Waals surface area contributed by atoms with Gasteiger partial charge in [-0.3, -0.25) is 25.0 Å². The molecule has 3 N–H and O–H groups in total. The lowest BCUT2D eigenvalue weighted by Gasteiger charge is -2.33. The first kappa shape index (κ1) is 31.2. The molecule has 2 aromatic rings. The van der Waals surface area contributed by atoms with Crippen LogP contribution in [-0.2, 0) is 32.3 Å². The van der Waals surface area contributed by atoms with Gasteiger partial charge in [-0.2, -0.15) is 0 Å². The summed E-state index contributed by atoms with van der Waals surface area (Å²) in [5, 5.41) is 27.6. The number of aliphatic carboxylic acids is 1. The Morgan fingerprint density at radius 3 is 1.95 bits per heavy atom. The standard InChI is InChI=1S/C30H41N3O7/c1-5-20(4)29(40-18-22-14-10-7-11-15-22)24-25(30(36)31-16-23(34)35)32-26(27(24)33(37)38)28(19(2)3)39-17-21-12-8-6-9-13-21/h6-15,19-20,24-29,32H,5,16-18H2,1-4H3,(H,31,36)(H,34,35)/t20-,24+,25-,26-,27-,28-,29-/m0/s1. The van der Waals surface area contributed by atoms with Gasteiger partial charge in [0, 0.05) is 4.92 Å². The number of nitro groups is 1. The van der Waals surface area contributed by atoms with Crippen LogP contribution in [0.5, 0.6) is 0 Å². The Kier molecular flexibility index (Phi) is 11.6. The minimum atomic E-state index is -1.21. The second-order valence-electron chi connectivity index (χ2n) is 10.8. The molecule has 0 bridgehead atoms. The van der Waals surface area contributed by atoms with E-state index in [1.54, 1.807) is 0 Å². The maximum Gasteiger partial charge on any atom is 0.322 e. The third-order valence-corrected chi connectivity index (χ3v) is 7.62. The predicted octanol–water partition coefficient (Wildman–Crippen LogP) is 3.66. The first-order valence-corrected chi connectivity index (χ1v) is 13.8. The monoisotopic (exact) mass is 555 g/mol. The highest BCUT2D eigenvalue weighted by Crippen LogP contribution is 2.37. The number of nitrogens with one attached hydrogen (secondary N) is 2. The third-order valence-electron chi connectivity index (χ3n) is 7.62. The summed E-state index contributed by atoms with van der Waals surface area (Å²) in [5.74, 6) is -2.90. The van der Waals surface area contributed by atoms with E-state index in [1.807, 2.05) is 88.4 Å². The van der Waals surface area contributed by atoms with Crippen molar-refractivity contribution in [1.29, 1.82) is 0 Å². The van der Waals surface area contributed by atoms with E-state index in [-0.39, 0.29) is 30.0 Å². The summed E-state index contributed by atoms with van der Waals surface area (Å²) in [6, 6.07) is 16.0. The van der Waals surface area contributed by atoms with Crippen LogP contribution in [0.4, 0.5) is 0 Å². The molecule has 0 spiro atoms. The smallest absolute Gasteiger partial charge is 0.322 e. The van der Waals surface area contributed by atoms with Gasteiger partial charge in [0.05, 0.1) is 37.4 Å². The zero-order chi connectivity index (χ0) is 29.2. The van der Waals surface area contributed by atoms with E-state index in [1.165, 1.54) is 0 Å². The Labute approximate surface area is 235 Å². The fraction of sp³-hybridized carbons (Fsp3) is 0.533. The number of hydrogen-bond acceptors (Lipinski definition) is 7. The molecule has 1 aliphatic rings. The molecular weight excluding hydrogens is 514 g/mol. The average Bonchev–Trinajstić information content (AvgIpc) is 3.33. The van der Waals surface area contributed by atoms with Crippen LogP contribution in [0, 0.1) is 27.9 Å². The van der Waals surface area contributed by atoms with E-state index in [0.29, 0.717) is 6.42 Å². The largest absolute Gasteiger partial charge is 0.480 e. The molecule has 0 unspecified atom stereocenters. The Morgan fingerprint density at radius 2 is 1.50 bits per heavy atom. The zero-order valence-electron chi connectivity index (χ0n) is 23.6. The highest BCUT2D eigenvalue weighted by atomic mass is 16.6. The lowest BCUT2D eigenvalue weighted by Crippen LogP contribution is -2.51. The van der Waals surface area contributed by atoms with Gasteiger partial charge in [-0.05, 0) is 23.0 Å². The molecule has 218 valence electrons. The Morgan fingerprint density at radius 1 is 0.975 bits per heavy atom.